The molecule has 1 aliphatic carbocycles. The van der Waals surface area contributed by atoms with Gasteiger partial charge in [0.25, 0.3) is 0 Å². The summed E-state index contributed by atoms with van der Waals surface area (Å²) in [6.45, 7) is 0. The molecule has 0 aliphatic heterocycles. The van der Waals surface area contributed by atoms with Crippen LogP contribution in [0.5, 0.6) is 0 Å². The fraction of sp³-hybridized carbons (Fsp3) is 0.333. The minimum atomic E-state index is -0.778. The van der Waals surface area contributed by atoms with E-state index in [4.69, 9.17) is 11.6 Å². The van der Waals surface area contributed by atoms with Gasteiger partial charge in [0.05, 0.1) is 0 Å². The third kappa shape index (κ3) is 1.20. The first-order chi connectivity index (χ1) is 5.66. The largest absolute Gasteiger partial charge is 0.204 e. The Morgan fingerprint density at radius 1 is 1.08 bits per heavy atom. The molecule has 0 unspecified atom stereocenters. The Bertz CT molecular complexity index is 292. The van der Waals surface area contributed by atoms with E-state index in [-0.39, 0.29) is 5.38 Å². The predicted molar refractivity (Wildman–Crippen MR) is 43.4 cm³/mol. The lowest BCUT2D eigenvalue weighted by molar-refractivity contribution is 0.507. The summed E-state index contributed by atoms with van der Waals surface area (Å²) in [5, 5.41) is 0.00111. The Morgan fingerprint density at radius 3 is 1.92 bits per heavy atom. The second kappa shape index (κ2) is 2.70. The van der Waals surface area contributed by atoms with Gasteiger partial charge in [-0.25, -0.2) is 8.78 Å². The van der Waals surface area contributed by atoms with Gasteiger partial charge >= 0.3 is 0 Å². The highest BCUT2D eigenvalue weighted by atomic mass is 35.5. The number of hydrogen-bond donors (Lipinski definition) is 0. The van der Waals surface area contributed by atoms with Gasteiger partial charge in [-0.15, -0.1) is 11.6 Å². The van der Waals surface area contributed by atoms with Crippen LogP contribution in [0, 0.1) is 11.6 Å². The normalized spacial score (nSPS) is 16.6. The van der Waals surface area contributed by atoms with Gasteiger partial charge in [-0.1, -0.05) is 0 Å². The lowest BCUT2D eigenvalue weighted by Gasteiger charge is -1.98. The van der Waals surface area contributed by atoms with Crippen molar-refractivity contribution in [3.05, 3.63) is 34.9 Å². The quantitative estimate of drug-likeness (QED) is 0.549. The third-order valence-corrected chi connectivity index (χ3v) is 2.43. The van der Waals surface area contributed by atoms with Gasteiger partial charge in [-0.2, -0.15) is 0 Å². The SMILES string of the molecule is Fc1cc2c(cc1F)CC(Cl)C2. The van der Waals surface area contributed by atoms with Crippen molar-refractivity contribution >= 4 is 11.6 Å². The van der Waals surface area contributed by atoms with E-state index >= 15 is 0 Å². The fourth-order valence-electron chi connectivity index (χ4n) is 1.56. The Hall–Kier alpha value is -0.630. The van der Waals surface area contributed by atoms with Gasteiger partial charge < -0.3 is 0 Å². The Balaban J connectivity index is 2.48. The molecular weight excluding hydrogens is 182 g/mol. The van der Waals surface area contributed by atoms with Crippen molar-refractivity contribution in [2.24, 2.45) is 0 Å². The van der Waals surface area contributed by atoms with E-state index in [1.165, 1.54) is 12.1 Å². The van der Waals surface area contributed by atoms with Gasteiger partial charge in [-0.05, 0) is 36.1 Å². The van der Waals surface area contributed by atoms with Crippen molar-refractivity contribution in [3.63, 3.8) is 0 Å². The molecule has 0 radical (unpaired) electrons. The maximum absolute atomic E-state index is 12.7. The molecule has 0 heterocycles. The zero-order valence-electron chi connectivity index (χ0n) is 6.28. The zero-order valence-corrected chi connectivity index (χ0v) is 7.04. The standard InChI is InChI=1S/C9H7ClF2/c10-7-1-5-3-8(11)9(12)4-6(5)2-7/h3-4,7H,1-2H2. The molecule has 0 fully saturated rings. The Kier molecular flexibility index (Phi) is 1.80. The summed E-state index contributed by atoms with van der Waals surface area (Å²) >= 11 is 5.84. The van der Waals surface area contributed by atoms with E-state index in [9.17, 15) is 8.78 Å². The molecule has 0 saturated carbocycles. The van der Waals surface area contributed by atoms with E-state index < -0.39 is 11.6 Å². The van der Waals surface area contributed by atoms with E-state index in [1.54, 1.807) is 0 Å². The molecule has 1 aromatic carbocycles. The molecule has 3 heteroatoms. The summed E-state index contributed by atoms with van der Waals surface area (Å²) in [6.07, 6.45) is 1.29. The van der Waals surface area contributed by atoms with Crippen LogP contribution in [0.25, 0.3) is 0 Å². The molecule has 0 N–H and O–H groups in total. The van der Waals surface area contributed by atoms with Crippen LogP contribution in [-0.2, 0) is 12.8 Å². The minimum absolute atomic E-state index is 0.00111. The van der Waals surface area contributed by atoms with Gasteiger partial charge in [0.15, 0.2) is 11.6 Å². The maximum atomic E-state index is 12.7. The van der Waals surface area contributed by atoms with E-state index in [0.717, 1.165) is 11.1 Å². The van der Waals surface area contributed by atoms with Gasteiger partial charge in [0.1, 0.15) is 0 Å². The van der Waals surface area contributed by atoms with E-state index in [0.29, 0.717) is 12.8 Å². The highest BCUT2D eigenvalue weighted by Crippen LogP contribution is 2.27. The van der Waals surface area contributed by atoms with Gasteiger partial charge in [0.2, 0.25) is 0 Å². The summed E-state index contributed by atoms with van der Waals surface area (Å²) in [7, 11) is 0. The first-order valence-corrected chi connectivity index (χ1v) is 4.21. The fourth-order valence-corrected chi connectivity index (χ4v) is 1.89. The molecule has 0 saturated heterocycles. The molecule has 0 atom stereocenters. The van der Waals surface area contributed by atoms with Gasteiger partial charge in [-0.3, -0.25) is 0 Å². The van der Waals surface area contributed by atoms with Crippen molar-refractivity contribution < 1.29 is 8.78 Å². The maximum Gasteiger partial charge on any atom is 0.159 e. The summed E-state index contributed by atoms with van der Waals surface area (Å²) < 4.78 is 25.4. The monoisotopic (exact) mass is 188 g/mol. The van der Waals surface area contributed by atoms with E-state index in [1.807, 2.05) is 0 Å². The summed E-state index contributed by atoms with van der Waals surface area (Å²) in [5.74, 6) is -1.56. The van der Waals surface area contributed by atoms with Crippen LogP contribution in [0.3, 0.4) is 0 Å². The molecule has 0 spiro atoms. The zero-order chi connectivity index (χ0) is 8.72. The number of fused-ring (bicyclic) bond motifs is 1. The molecule has 64 valence electrons. The highest BCUT2D eigenvalue weighted by molar-refractivity contribution is 6.21. The average molecular weight is 189 g/mol. The number of hydrogen-bond acceptors (Lipinski definition) is 0. The molecule has 0 nitrogen and oxygen atoms in total. The minimum Gasteiger partial charge on any atom is -0.204 e. The molecule has 12 heavy (non-hydrogen) atoms. The molecular formula is C9H7ClF2. The Labute approximate surface area is 74.2 Å². The lowest BCUT2D eigenvalue weighted by atomic mass is 10.1. The third-order valence-electron chi connectivity index (χ3n) is 2.13. The first kappa shape index (κ1) is 7.99. The molecule has 1 aromatic rings. The molecule has 1 aliphatic rings. The highest BCUT2D eigenvalue weighted by Gasteiger charge is 2.21. The number of rotatable bonds is 0. The smallest absolute Gasteiger partial charge is 0.159 e. The van der Waals surface area contributed by atoms with Crippen LogP contribution in [-0.4, -0.2) is 5.38 Å². The van der Waals surface area contributed by atoms with Crippen molar-refractivity contribution in [3.8, 4) is 0 Å². The molecule has 2 rings (SSSR count). The van der Waals surface area contributed by atoms with Crippen molar-refractivity contribution in [2.75, 3.05) is 0 Å². The van der Waals surface area contributed by atoms with Gasteiger partial charge in [0, 0.05) is 5.38 Å². The summed E-state index contributed by atoms with van der Waals surface area (Å²) in [4.78, 5) is 0. The second-order valence-corrected chi connectivity index (χ2v) is 3.66. The number of alkyl halides is 1. The van der Waals surface area contributed by atoms with Crippen LogP contribution in [0.4, 0.5) is 8.78 Å². The summed E-state index contributed by atoms with van der Waals surface area (Å²) in [6, 6.07) is 2.49. The van der Waals surface area contributed by atoms with Crippen LogP contribution in [0.2, 0.25) is 0 Å². The molecule has 0 bridgehead atoms. The number of benzene rings is 1. The van der Waals surface area contributed by atoms with Crippen LogP contribution >= 0.6 is 11.6 Å². The lowest BCUT2D eigenvalue weighted by Crippen LogP contribution is -1.93. The van der Waals surface area contributed by atoms with Crippen molar-refractivity contribution in [2.45, 2.75) is 18.2 Å². The molecule has 0 amide bonds. The summed E-state index contributed by atoms with van der Waals surface area (Å²) in [5.41, 5.74) is 1.68. The Morgan fingerprint density at radius 2 is 1.50 bits per heavy atom. The van der Waals surface area contributed by atoms with Crippen LogP contribution in [0.15, 0.2) is 12.1 Å². The topological polar surface area (TPSA) is 0 Å². The van der Waals surface area contributed by atoms with Crippen molar-refractivity contribution in [1.82, 2.24) is 0 Å². The predicted octanol–water partition coefficient (Wildman–Crippen LogP) is 2.67. The van der Waals surface area contributed by atoms with Crippen LogP contribution < -0.4 is 0 Å². The number of halogens is 3. The first-order valence-electron chi connectivity index (χ1n) is 3.77. The second-order valence-electron chi connectivity index (χ2n) is 3.04. The molecule has 0 aromatic heterocycles. The average Bonchev–Trinajstić information content (AvgIpc) is 2.30. The van der Waals surface area contributed by atoms with Crippen molar-refractivity contribution in [1.29, 1.82) is 0 Å². The van der Waals surface area contributed by atoms with E-state index in [2.05, 4.69) is 0 Å². The van der Waals surface area contributed by atoms with Crippen LogP contribution in [0.1, 0.15) is 11.1 Å².